The molecule has 0 aromatic heterocycles. The average Bonchev–Trinajstić information content (AvgIpc) is 2.45. The van der Waals surface area contributed by atoms with Crippen LogP contribution in [0.3, 0.4) is 0 Å². The summed E-state index contributed by atoms with van der Waals surface area (Å²) in [7, 11) is 0. The van der Waals surface area contributed by atoms with Gasteiger partial charge in [0.1, 0.15) is 24.7 Å². The number of ether oxygens (including phenoxy) is 2. The Balaban J connectivity index is 1.88. The molecule has 0 amide bonds. The summed E-state index contributed by atoms with van der Waals surface area (Å²) >= 11 is 0. The Kier molecular flexibility index (Phi) is 5.02. The smallest absolute Gasteiger partial charge is 0.125 e. The van der Waals surface area contributed by atoms with Crippen molar-refractivity contribution in [1.29, 1.82) is 0 Å². The Morgan fingerprint density at radius 2 is 1.70 bits per heavy atom. The number of aryl methyl sites for hydroxylation is 1. The van der Waals surface area contributed by atoms with Gasteiger partial charge in [-0.05, 0) is 38.1 Å². The molecule has 2 aromatic rings. The molecule has 0 bridgehead atoms. The van der Waals surface area contributed by atoms with Crippen LogP contribution < -0.4 is 9.47 Å². The predicted octanol–water partition coefficient (Wildman–Crippen LogP) is 3.51. The monoisotopic (exact) mass is 272 g/mol. The maximum atomic E-state index is 9.75. The van der Waals surface area contributed by atoms with E-state index < -0.39 is 6.10 Å². The Bertz CT molecular complexity index is 535. The normalized spacial score (nSPS) is 11.9. The summed E-state index contributed by atoms with van der Waals surface area (Å²) in [5, 5.41) is 9.75. The first kappa shape index (κ1) is 14.4. The summed E-state index contributed by atoms with van der Waals surface area (Å²) in [6.07, 6.45) is -0.542. The van der Waals surface area contributed by atoms with Crippen LogP contribution in [-0.2, 0) is 0 Å². The minimum absolute atomic E-state index is 0.442. The number of para-hydroxylation sites is 1. The van der Waals surface area contributed by atoms with Crippen molar-refractivity contribution in [2.75, 3.05) is 13.2 Å². The molecule has 2 rings (SSSR count). The first-order chi connectivity index (χ1) is 9.66. The minimum Gasteiger partial charge on any atom is -0.490 e. The molecular formula is C17H20O3. The number of rotatable bonds is 6. The van der Waals surface area contributed by atoms with Crippen LogP contribution in [0.1, 0.15) is 24.2 Å². The molecule has 1 atom stereocenters. The second-order valence-corrected chi connectivity index (χ2v) is 4.73. The first-order valence-corrected chi connectivity index (χ1v) is 6.76. The van der Waals surface area contributed by atoms with E-state index in [1.807, 2.05) is 55.5 Å². The Morgan fingerprint density at radius 1 is 1.00 bits per heavy atom. The molecule has 0 aliphatic carbocycles. The van der Waals surface area contributed by atoms with Gasteiger partial charge in [0.15, 0.2) is 0 Å². The minimum atomic E-state index is -0.542. The highest BCUT2D eigenvalue weighted by atomic mass is 16.5. The highest BCUT2D eigenvalue weighted by Crippen LogP contribution is 2.26. The molecule has 0 saturated carbocycles. The van der Waals surface area contributed by atoms with E-state index in [1.165, 1.54) is 0 Å². The second kappa shape index (κ2) is 6.96. The van der Waals surface area contributed by atoms with Gasteiger partial charge in [0, 0.05) is 5.56 Å². The van der Waals surface area contributed by atoms with Crippen LogP contribution in [0, 0.1) is 6.92 Å². The summed E-state index contributed by atoms with van der Waals surface area (Å²) in [6, 6.07) is 15.4. The van der Waals surface area contributed by atoms with Gasteiger partial charge in [-0.1, -0.05) is 29.8 Å². The lowest BCUT2D eigenvalue weighted by Crippen LogP contribution is -2.10. The van der Waals surface area contributed by atoms with Gasteiger partial charge in [-0.15, -0.1) is 0 Å². The maximum Gasteiger partial charge on any atom is 0.125 e. The predicted molar refractivity (Wildman–Crippen MR) is 79.2 cm³/mol. The third kappa shape index (κ3) is 4.00. The molecule has 20 heavy (non-hydrogen) atoms. The number of benzene rings is 2. The van der Waals surface area contributed by atoms with E-state index in [2.05, 4.69) is 0 Å². The quantitative estimate of drug-likeness (QED) is 0.818. The van der Waals surface area contributed by atoms with Gasteiger partial charge in [0.05, 0.1) is 6.10 Å². The van der Waals surface area contributed by atoms with E-state index >= 15 is 0 Å². The van der Waals surface area contributed by atoms with Gasteiger partial charge in [0.25, 0.3) is 0 Å². The van der Waals surface area contributed by atoms with Crippen molar-refractivity contribution in [2.24, 2.45) is 0 Å². The van der Waals surface area contributed by atoms with Gasteiger partial charge in [0.2, 0.25) is 0 Å². The van der Waals surface area contributed by atoms with Crippen molar-refractivity contribution < 1.29 is 14.6 Å². The molecule has 3 nitrogen and oxygen atoms in total. The fourth-order valence-electron chi connectivity index (χ4n) is 1.95. The average molecular weight is 272 g/mol. The van der Waals surface area contributed by atoms with Crippen molar-refractivity contribution >= 4 is 0 Å². The first-order valence-electron chi connectivity index (χ1n) is 6.76. The Hall–Kier alpha value is -2.00. The number of hydrogen-bond acceptors (Lipinski definition) is 3. The standard InChI is InChI=1S/C17H20O3/c1-13-8-9-17(16(12-13)14(2)18)20-11-10-19-15-6-4-3-5-7-15/h3-9,12,14,18H,10-11H2,1-2H3/t14-/m1/s1. The molecule has 1 N–H and O–H groups in total. The van der Waals surface area contributed by atoms with Crippen LogP contribution in [0.2, 0.25) is 0 Å². The van der Waals surface area contributed by atoms with Crippen LogP contribution >= 0.6 is 0 Å². The molecule has 3 heteroatoms. The Labute approximate surface area is 119 Å². The van der Waals surface area contributed by atoms with E-state index in [4.69, 9.17) is 9.47 Å². The van der Waals surface area contributed by atoms with E-state index in [0.29, 0.717) is 19.0 Å². The fourth-order valence-corrected chi connectivity index (χ4v) is 1.95. The van der Waals surface area contributed by atoms with Gasteiger partial charge >= 0.3 is 0 Å². The number of aliphatic hydroxyl groups excluding tert-OH is 1. The van der Waals surface area contributed by atoms with Gasteiger partial charge in [-0.3, -0.25) is 0 Å². The number of aliphatic hydroxyl groups is 1. The summed E-state index contributed by atoms with van der Waals surface area (Å²) in [5.41, 5.74) is 1.92. The van der Waals surface area contributed by atoms with Crippen molar-refractivity contribution in [3.63, 3.8) is 0 Å². The van der Waals surface area contributed by atoms with Crippen LogP contribution in [0.25, 0.3) is 0 Å². The third-order valence-corrected chi connectivity index (χ3v) is 2.97. The van der Waals surface area contributed by atoms with Crippen LogP contribution in [0.5, 0.6) is 11.5 Å². The molecule has 0 fully saturated rings. The molecule has 0 heterocycles. The van der Waals surface area contributed by atoms with Crippen LogP contribution in [-0.4, -0.2) is 18.3 Å². The van der Waals surface area contributed by atoms with E-state index in [-0.39, 0.29) is 0 Å². The van der Waals surface area contributed by atoms with Crippen LogP contribution in [0.15, 0.2) is 48.5 Å². The lowest BCUT2D eigenvalue weighted by atomic mass is 10.1. The summed E-state index contributed by atoms with van der Waals surface area (Å²) < 4.78 is 11.3. The van der Waals surface area contributed by atoms with Crippen molar-refractivity contribution in [3.05, 3.63) is 59.7 Å². The largest absolute Gasteiger partial charge is 0.490 e. The fraction of sp³-hybridized carbons (Fsp3) is 0.294. The Morgan fingerprint density at radius 3 is 2.40 bits per heavy atom. The number of hydrogen-bond donors (Lipinski definition) is 1. The molecule has 0 saturated heterocycles. The molecule has 0 spiro atoms. The molecular weight excluding hydrogens is 252 g/mol. The SMILES string of the molecule is Cc1ccc(OCCOc2ccccc2)c([C@@H](C)O)c1. The zero-order valence-corrected chi connectivity index (χ0v) is 11.9. The summed E-state index contributed by atoms with van der Waals surface area (Å²) in [4.78, 5) is 0. The summed E-state index contributed by atoms with van der Waals surface area (Å²) in [6.45, 7) is 4.64. The zero-order chi connectivity index (χ0) is 14.4. The third-order valence-electron chi connectivity index (χ3n) is 2.97. The topological polar surface area (TPSA) is 38.7 Å². The lowest BCUT2D eigenvalue weighted by molar-refractivity contribution is 0.182. The molecule has 2 aromatic carbocycles. The highest BCUT2D eigenvalue weighted by Gasteiger charge is 2.09. The maximum absolute atomic E-state index is 9.75. The molecule has 0 aliphatic rings. The highest BCUT2D eigenvalue weighted by molar-refractivity contribution is 5.38. The lowest BCUT2D eigenvalue weighted by Gasteiger charge is -2.14. The molecule has 0 unspecified atom stereocenters. The van der Waals surface area contributed by atoms with Crippen molar-refractivity contribution in [3.8, 4) is 11.5 Å². The second-order valence-electron chi connectivity index (χ2n) is 4.73. The molecule has 0 aliphatic heterocycles. The van der Waals surface area contributed by atoms with Gasteiger partial charge < -0.3 is 14.6 Å². The van der Waals surface area contributed by atoms with Crippen LogP contribution in [0.4, 0.5) is 0 Å². The molecule has 106 valence electrons. The van der Waals surface area contributed by atoms with Gasteiger partial charge in [-0.25, -0.2) is 0 Å². The van der Waals surface area contributed by atoms with E-state index in [0.717, 1.165) is 16.9 Å². The van der Waals surface area contributed by atoms with E-state index in [1.54, 1.807) is 6.92 Å². The van der Waals surface area contributed by atoms with Crippen molar-refractivity contribution in [2.45, 2.75) is 20.0 Å². The zero-order valence-electron chi connectivity index (χ0n) is 11.9. The van der Waals surface area contributed by atoms with Crippen molar-refractivity contribution in [1.82, 2.24) is 0 Å². The van der Waals surface area contributed by atoms with E-state index in [9.17, 15) is 5.11 Å². The van der Waals surface area contributed by atoms with Gasteiger partial charge in [-0.2, -0.15) is 0 Å². The molecule has 0 radical (unpaired) electrons. The summed E-state index contributed by atoms with van der Waals surface area (Å²) in [5.74, 6) is 1.54.